The van der Waals surface area contributed by atoms with Gasteiger partial charge < -0.3 is 4.90 Å². The van der Waals surface area contributed by atoms with Crippen molar-refractivity contribution in [1.29, 1.82) is 0 Å². The molecule has 1 amide bonds. The fourth-order valence-corrected chi connectivity index (χ4v) is 4.89. The van der Waals surface area contributed by atoms with Gasteiger partial charge in [-0.25, -0.2) is 4.98 Å². The number of aromatic nitrogens is 1. The molecule has 2 heterocycles. The van der Waals surface area contributed by atoms with Gasteiger partial charge in [0.2, 0.25) is 5.91 Å². The van der Waals surface area contributed by atoms with Gasteiger partial charge in [-0.1, -0.05) is 12.1 Å². The highest BCUT2D eigenvalue weighted by Crippen LogP contribution is 2.29. The second-order valence-corrected chi connectivity index (χ2v) is 8.97. The maximum absolute atomic E-state index is 12.6. The summed E-state index contributed by atoms with van der Waals surface area (Å²) in [7, 11) is 1.78. The first kappa shape index (κ1) is 18.7. The number of carbonyl (C=O) groups excluding carboxylic acids is 2. The van der Waals surface area contributed by atoms with E-state index >= 15 is 0 Å². The molecule has 136 valence electrons. The lowest BCUT2D eigenvalue weighted by molar-refractivity contribution is -0.131. The third-order valence-corrected chi connectivity index (χ3v) is 6.72. The first-order chi connectivity index (χ1) is 12.4. The number of nitrogens with zero attached hydrogens (tertiary/aromatic N) is 2. The van der Waals surface area contributed by atoms with Crippen LogP contribution in [0.1, 0.15) is 50.9 Å². The van der Waals surface area contributed by atoms with Crippen LogP contribution in [0.2, 0.25) is 0 Å². The summed E-state index contributed by atoms with van der Waals surface area (Å²) < 4.78 is 1.12. The maximum Gasteiger partial charge on any atom is 0.223 e. The SMILES string of the molecule is Cc1cc(C(=O)CCC(=O)N(C)[C@H](C)c2nc3ccccc3s2)c(C)s1. The summed E-state index contributed by atoms with van der Waals surface area (Å²) >= 11 is 3.23. The van der Waals surface area contributed by atoms with Crippen molar-refractivity contribution in [2.75, 3.05) is 7.05 Å². The largest absolute Gasteiger partial charge is 0.337 e. The van der Waals surface area contributed by atoms with E-state index in [1.165, 1.54) is 0 Å². The van der Waals surface area contributed by atoms with E-state index < -0.39 is 0 Å². The van der Waals surface area contributed by atoms with Crippen LogP contribution in [-0.2, 0) is 4.79 Å². The summed E-state index contributed by atoms with van der Waals surface area (Å²) in [6.45, 7) is 5.92. The van der Waals surface area contributed by atoms with E-state index in [4.69, 9.17) is 0 Å². The Bertz CT molecular complexity index is 925. The van der Waals surface area contributed by atoms with Crippen LogP contribution in [0.25, 0.3) is 10.2 Å². The standard InChI is InChI=1S/C20H22N2O2S2/c1-12-11-15(14(3)25-12)17(23)9-10-19(24)22(4)13(2)20-21-16-7-5-6-8-18(16)26-20/h5-8,11,13H,9-10H2,1-4H3/t13-/m1/s1. The van der Waals surface area contributed by atoms with E-state index in [0.29, 0.717) is 0 Å². The number of ketones is 1. The molecule has 0 unspecified atom stereocenters. The van der Waals surface area contributed by atoms with E-state index in [2.05, 4.69) is 4.98 Å². The van der Waals surface area contributed by atoms with Crippen molar-refractivity contribution in [3.05, 3.63) is 50.7 Å². The molecular weight excluding hydrogens is 364 g/mol. The lowest BCUT2D eigenvalue weighted by atomic mass is 10.1. The van der Waals surface area contributed by atoms with E-state index in [0.717, 1.165) is 30.5 Å². The highest BCUT2D eigenvalue weighted by Gasteiger charge is 2.22. The Hall–Kier alpha value is -2.05. The molecule has 0 aliphatic carbocycles. The number of hydrogen-bond acceptors (Lipinski definition) is 5. The molecule has 0 aliphatic rings. The van der Waals surface area contributed by atoms with Crippen LogP contribution in [0.3, 0.4) is 0 Å². The van der Waals surface area contributed by atoms with Crippen molar-refractivity contribution < 1.29 is 9.59 Å². The fraction of sp³-hybridized carbons (Fsp3) is 0.350. The van der Waals surface area contributed by atoms with Crippen molar-refractivity contribution in [3.63, 3.8) is 0 Å². The predicted octanol–water partition coefficient (Wildman–Crippen LogP) is 5.16. The Kier molecular flexibility index (Phi) is 5.53. The molecule has 1 atom stereocenters. The molecule has 0 saturated heterocycles. The Morgan fingerprint density at radius 3 is 2.54 bits per heavy atom. The van der Waals surface area contributed by atoms with Gasteiger partial charge in [-0.05, 0) is 39.0 Å². The average molecular weight is 387 g/mol. The van der Waals surface area contributed by atoms with Gasteiger partial charge in [-0.2, -0.15) is 0 Å². The molecule has 3 aromatic rings. The number of Topliss-reactive ketones (excluding diaryl/α,β-unsaturated/α-hetero) is 1. The molecule has 0 aliphatic heterocycles. The minimum atomic E-state index is -0.111. The summed E-state index contributed by atoms with van der Waals surface area (Å²) in [5.41, 5.74) is 1.71. The van der Waals surface area contributed by atoms with Crippen LogP contribution in [0.15, 0.2) is 30.3 Å². The molecule has 0 fully saturated rings. The van der Waals surface area contributed by atoms with Gasteiger partial charge in [-0.15, -0.1) is 22.7 Å². The number of fused-ring (bicyclic) bond motifs is 1. The molecule has 0 radical (unpaired) electrons. The number of amides is 1. The summed E-state index contributed by atoms with van der Waals surface area (Å²) in [5, 5.41) is 0.915. The molecule has 0 spiro atoms. The minimum absolute atomic E-state index is 0.0327. The fourth-order valence-electron chi connectivity index (χ4n) is 2.89. The molecule has 0 saturated carbocycles. The number of rotatable bonds is 6. The molecule has 3 rings (SSSR count). The molecule has 4 nitrogen and oxygen atoms in total. The van der Waals surface area contributed by atoms with Crippen molar-refractivity contribution in [2.24, 2.45) is 0 Å². The minimum Gasteiger partial charge on any atom is -0.337 e. The van der Waals surface area contributed by atoms with Crippen molar-refractivity contribution in [3.8, 4) is 0 Å². The Balaban J connectivity index is 1.63. The second kappa shape index (κ2) is 7.68. The molecule has 2 aromatic heterocycles. The van der Waals surface area contributed by atoms with E-state index in [9.17, 15) is 9.59 Å². The molecule has 26 heavy (non-hydrogen) atoms. The van der Waals surface area contributed by atoms with Gasteiger partial charge in [0.1, 0.15) is 5.01 Å². The first-order valence-corrected chi connectivity index (χ1v) is 10.2. The lowest BCUT2D eigenvalue weighted by Gasteiger charge is -2.23. The van der Waals surface area contributed by atoms with Crippen LogP contribution < -0.4 is 0 Å². The third-order valence-electron chi connectivity index (χ3n) is 4.55. The number of para-hydroxylation sites is 1. The summed E-state index contributed by atoms with van der Waals surface area (Å²) in [4.78, 5) is 33.4. The monoisotopic (exact) mass is 386 g/mol. The number of carbonyl (C=O) groups is 2. The van der Waals surface area contributed by atoms with E-state index in [-0.39, 0.29) is 30.6 Å². The highest BCUT2D eigenvalue weighted by molar-refractivity contribution is 7.18. The van der Waals surface area contributed by atoms with Gasteiger partial charge in [0, 0.05) is 35.2 Å². The maximum atomic E-state index is 12.6. The molecular formula is C20H22N2O2S2. The van der Waals surface area contributed by atoms with Gasteiger partial charge in [0.05, 0.1) is 16.3 Å². The van der Waals surface area contributed by atoms with Crippen LogP contribution >= 0.6 is 22.7 Å². The number of hydrogen-bond donors (Lipinski definition) is 0. The Morgan fingerprint density at radius 2 is 1.88 bits per heavy atom. The zero-order valence-corrected chi connectivity index (χ0v) is 17.0. The van der Waals surface area contributed by atoms with E-state index in [1.807, 2.05) is 51.1 Å². The lowest BCUT2D eigenvalue weighted by Crippen LogP contribution is -2.29. The number of aryl methyl sites for hydroxylation is 2. The number of thiophene rings is 1. The smallest absolute Gasteiger partial charge is 0.223 e. The van der Waals surface area contributed by atoms with E-state index in [1.54, 1.807) is 34.6 Å². The van der Waals surface area contributed by atoms with Crippen LogP contribution in [0.4, 0.5) is 0 Å². The number of benzene rings is 1. The summed E-state index contributed by atoms with van der Waals surface area (Å²) in [6.07, 6.45) is 0.464. The molecule has 6 heteroatoms. The molecule has 0 bridgehead atoms. The second-order valence-electron chi connectivity index (χ2n) is 6.45. The quantitative estimate of drug-likeness (QED) is 0.550. The van der Waals surface area contributed by atoms with Crippen molar-refractivity contribution >= 4 is 44.6 Å². The molecule has 0 N–H and O–H groups in total. The number of thiazole rings is 1. The summed E-state index contributed by atoms with van der Waals surface area (Å²) in [6, 6.07) is 9.78. The predicted molar refractivity (Wildman–Crippen MR) is 108 cm³/mol. The third kappa shape index (κ3) is 3.86. The topological polar surface area (TPSA) is 50.3 Å². The van der Waals surface area contributed by atoms with Crippen LogP contribution in [-0.4, -0.2) is 28.6 Å². The Labute approximate surface area is 161 Å². The first-order valence-electron chi connectivity index (χ1n) is 8.58. The average Bonchev–Trinajstić information content (AvgIpc) is 3.20. The van der Waals surface area contributed by atoms with Gasteiger partial charge in [0.15, 0.2) is 5.78 Å². The highest BCUT2D eigenvalue weighted by atomic mass is 32.1. The Morgan fingerprint density at radius 1 is 1.15 bits per heavy atom. The molecule has 1 aromatic carbocycles. The van der Waals surface area contributed by atoms with Gasteiger partial charge >= 0.3 is 0 Å². The zero-order valence-electron chi connectivity index (χ0n) is 15.4. The van der Waals surface area contributed by atoms with Gasteiger partial charge in [-0.3, -0.25) is 9.59 Å². The van der Waals surface area contributed by atoms with Crippen LogP contribution in [0.5, 0.6) is 0 Å². The van der Waals surface area contributed by atoms with Crippen LogP contribution in [0, 0.1) is 13.8 Å². The normalized spacial score (nSPS) is 12.3. The van der Waals surface area contributed by atoms with Crippen molar-refractivity contribution in [2.45, 2.75) is 39.7 Å². The van der Waals surface area contributed by atoms with Gasteiger partial charge in [0.25, 0.3) is 0 Å². The summed E-state index contributed by atoms with van der Waals surface area (Å²) in [5.74, 6) is 0.0101. The van der Waals surface area contributed by atoms with Crippen molar-refractivity contribution in [1.82, 2.24) is 9.88 Å². The zero-order chi connectivity index (χ0) is 18.8.